The average molecular weight is 365 g/mol. The minimum atomic E-state index is -0.467. The second-order valence-electron chi connectivity index (χ2n) is 7.24. The minimum absolute atomic E-state index is 0.333. The highest BCUT2D eigenvalue weighted by Gasteiger charge is 2.20. The fourth-order valence-corrected chi connectivity index (χ4v) is 3.65. The Balaban J connectivity index is 1.20. The number of fused-ring (bicyclic) bond motifs is 1. The molecule has 5 nitrogen and oxygen atoms in total. The molecule has 0 radical (unpaired) electrons. The van der Waals surface area contributed by atoms with Gasteiger partial charge in [0.15, 0.2) is 0 Å². The van der Waals surface area contributed by atoms with Crippen molar-refractivity contribution in [2.45, 2.75) is 12.6 Å². The molecule has 0 spiro atoms. The molecule has 4 rings (SSSR count). The first-order chi connectivity index (χ1) is 13.3. The predicted molar refractivity (Wildman–Crippen MR) is 108 cm³/mol. The van der Waals surface area contributed by atoms with Crippen LogP contribution < -0.4 is 4.74 Å². The molecule has 1 atom stereocenters. The molecule has 2 aromatic carbocycles. The highest BCUT2D eigenvalue weighted by molar-refractivity contribution is 5.80. The van der Waals surface area contributed by atoms with Crippen LogP contribution in [0.25, 0.3) is 10.9 Å². The van der Waals surface area contributed by atoms with Crippen LogP contribution in [0.1, 0.15) is 5.69 Å². The second-order valence-corrected chi connectivity index (χ2v) is 7.24. The maximum Gasteiger partial charge on any atom is 0.119 e. The zero-order chi connectivity index (χ0) is 18.5. The van der Waals surface area contributed by atoms with Gasteiger partial charge in [0.25, 0.3) is 0 Å². The van der Waals surface area contributed by atoms with Gasteiger partial charge in [0.1, 0.15) is 18.5 Å². The molecule has 2 heterocycles. The number of para-hydroxylation sites is 2. The third-order valence-electron chi connectivity index (χ3n) is 5.10. The van der Waals surface area contributed by atoms with Gasteiger partial charge in [0.2, 0.25) is 0 Å². The third kappa shape index (κ3) is 4.89. The van der Waals surface area contributed by atoms with Gasteiger partial charge in [-0.2, -0.15) is 0 Å². The summed E-state index contributed by atoms with van der Waals surface area (Å²) < 4.78 is 5.65. The molecular weight excluding hydrogens is 338 g/mol. The zero-order valence-corrected chi connectivity index (χ0v) is 15.6. The number of hydrogen-bond acceptors (Lipinski definition) is 4. The summed E-state index contributed by atoms with van der Waals surface area (Å²) in [4.78, 5) is 8.29. The lowest BCUT2D eigenvalue weighted by atomic mass is 10.2. The van der Waals surface area contributed by atoms with E-state index in [-0.39, 0.29) is 0 Å². The van der Waals surface area contributed by atoms with Gasteiger partial charge in [-0.3, -0.25) is 9.80 Å². The van der Waals surface area contributed by atoms with Gasteiger partial charge in [-0.25, -0.2) is 0 Å². The molecule has 2 N–H and O–H groups in total. The highest BCUT2D eigenvalue weighted by Crippen LogP contribution is 2.17. The van der Waals surface area contributed by atoms with Gasteiger partial charge in [-0.1, -0.05) is 36.4 Å². The number of hydrogen-bond donors (Lipinski definition) is 2. The first kappa shape index (κ1) is 18.0. The molecule has 1 unspecified atom stereocenters. The first-order valence-electron chi connectivity index (χ1n) is 9.63. The van der Waals surface area contributed by atoms with Gasteiger partial charge in [0, 0.05) is 50.5 Å². The lowest BCUT2D eigenvalue weighted by molar-refractivity contribution is 0.0444. The Morgan fingerprint density at radius 3 is 2.41 bits per heavy atom. The van der Waals surface area contributed by atoms with E-state index >= 15 is 0 Å². The van der Waals surface area contributed by atoms with Crippen molar-refractivity contribution in [1.29, 1.82) is 0 Å². The Bertz CT molecular complexity index is 808. The van der Waals surface area contributed by atoms with E-state index in [0.717, 1.165) is 38.5 Å². The number of ether oxygens (including phenoxy) is 1. The van der Waals surface area contributed by atoms with Crippen molar-refractivity contribution in [3.05, 3.63) is 66.4 Å². The Morgan fingerprint density at radius 2 is 1.63 bits per heavy atom. The number of rotatable bonds is 7. The van der Waals surface area contributed by atoms with Crippen LogP contribution in [0, 0.1) is 0 Å². The number of nitrogens with one attached hydrogen (secondary N) is 1. The van der Waals surface area contributed by atoms with Gasteiger partial charge in [-0.15, -0.1) is 0 Å². The van der Waals surface area contributed by atoms with E-state index in [1.807, 2.05) is 30.3 Å². The quantitative estimate of drug-likeness (QED) is 0.676. The summed E-state index contributed by atoms with van der Waals surface area (Å²) in [6.45, 7) is 5.92. The van der Waals surface area contributed by atoms with Crippen molar-refractivity contribution >= 4 is 10.9 Å². The normalized spacial score (nSPS) is 17.2. The number of nitrogens with zero attached hydrogens (tertiary/aromatic N) is 2. The molecule has 5 heteroatoms. The predicted octanol–water partition coefficient (Wildman–Crippen LogP) is 2.73. The largest absolute Gasteiger partial charge is 0.491 e. The van der Waals surface area contributed by atoms with E-state index in [2.05, 4.69) is 45.1 Å². The van der Waals surface area contributed by atoms with Crippen LogP contribution in [0.2, 0.25) is 0 Å². The maximum atomic E-state index is 10.3. The zero-order valence-electron chi connectivity index (χ0n) is 15.6. The van der Waals surface area contributed by atoms with Crippen molar-refractivity contribution < 1.29 is 9.84 Å². The molecule has 142 valence electrons. The van der Waals surface area contributed by atoms with Gasteiger partial charge in [-0.05, 0) is 29.7 Å². The highest BCUT2D eigenvalue weighted by atomic mass is 16.5. The minimum Gasteiger partial charge on any atom is -0.491 e. The van der Waals surface area contributed by atoms with Crippen LogP contribution in [0.15, 0.2) is 60.7 Å². The monoisotopic (exact) mass is 365 g/mol. The number of H-pyrrole nitrogens is 1. The Kier molecular flexibility index (Phi) is 5.72. The average Bonchev–Trinajstić information content (AvgIpc) is 3.11. The summed E-state index contributed by atoms with van der Waals surface area (Å²) in [7, 11) is 0. The van der Waals surface area contributed by atoms with Crippen LogP contribution in [-0.4, -0.2) is 65.3 Å². The molecule has 1 saturated heterocycles. The number of benzene rings is 2. The molecule has 1 aromatic heterocycles. The number of aliphatic hydroxyl groups is 1. The fourth-order valence-electron chi connectivity index (χ4n) is 3.65. The van der Waals surface area contributed by atoms with Crippen molar-refractivity contribution in [3.8, 4) is 5.75 Å². The molecule has 3 aromatic rings. The number of β-amino-alcohol motifs (C(OH)–C–C–N with tert-alkyl or cyclic N) is 1. The molecule has 1 aliphatic rings. The Labute approximate surface area is 160 Å². The Morgan fingerprint density at radius 1 is 0.926 bits per heavy atom. The molecule has 0 aliphatic carbocycles. The standard InChI is InChI=1S/C22H27N3O2/c26-20(17-27-21-7-2-1-3-8-21)16-25-12-10-24(11-13-25)15-19-14-18-6-4-5-9-22(18)23-19/h1-9,14,20,23,26H,10-13,15-17H2. The van der Waals surface area contributed by atoms with Crippen molar-refractivity contribution in [2.24, 2.45) is 0 Å². The summed E-state index contributed by atoms with van der Waals surface area (Å²) in [5.74, 6) is 0.805. The van der Waals surface area contributed by atoms with E-state index in [0.29, 0.717) is 13.2 Å². The number of piperazine rings is 1. The van der Waals surface area contributed by atoms with E-state index in [9.17, 15) is 5.11 Å². The van der Waals surface area contributed by atoms with Crippen LogP contribution >= 0.6 is 0 Å². The fraction of sp³-hybridized carbons (Fsp3) is 0.364. The van der Waals surface area contributed by atoms with Crippen LogP contribution in [0.5, 0.6) is 5.75 Å². The number of aromatic nitrogens is 1. The van der Waals surface area contributed by atoms with E-state index < -0.39 is 6.10 Å². The van der Waals surface area contributed by atoms with Gasteiger partial charge < -0.3 is 14.8 Å². The Hall–Kier alpha value is -2.34. The summed E-state index contributed by atoms with van der Waals surface area (Å²) in [6.07, 6.45) is -0.467. The molecule has 0 saturated carbocycles. The molecule has 1 fully saturated rings. The van der Waals surface area contributed by atoms with Crippen molar-refractivity contribution in [3.63, 3.8) is 0 Å². The second kappa shape index (κ2) is 8.57. The van der Waals surface area contributed by atoms with E-state index in [1.54, 1.807) is 0 Å². The summed E-state index contributed by atoms with van der Waals surface area (Å²) in [5.41, 5.74) is 2.47. The smallest absolute Gasteiger partial charge is 0.119 e. The topological polar surface area (TPSA) is 51.7 Å². The van der Waals surface area contributed by atoms with Gasteiger partial charge >= 0.3 is 0 Å². The van der Waals surface area contributed by atoms with Crippen molar-refractivity contribution in [2.75, 3.05) is 39.3 Å². The number of aliphatic hydroxyl groups excluding tert-OH is 1. The van der Waals surface area contributed by atoms with Crippen LogP contribution in [-0.2, 0) is 6.54 Å². The first-order valence-corrected chi connectivity index (χ1v) is 9.63. The maximum absolute atomic E-state index is 10.3. The van der Waals surface area contributed by atoms with E-state index in [1.165, 1.54) is 16.6 Å². The lowest BCUT2D eigenvalue weighted by Crippen LogP contribution is -2.48. The van der Waals surface area contributed by atoms with Crippen LogP contribution in [0.3, 0.4) is 0 Å². The molecule has 0 bridgehead atoms. The van der Waals surface area contributed by atoms with Crippen molar-refractivity contribution in [1.82, 2.24) is 14.8 Å². The van der Waals surface area contributed by atoms with Crippen LogP contribution in [0.4, 0.5) is 0 Å². The molecule has 27 heavy (non-hydrogen) atoms. The number of aromatic amines is 1. The summed E-state index contributed by atoms with van der Waals surface area (Å²) in [5, 5.41) is 11.5. The lowest BCUT2D eigenvalue weighted by Gasteiger charge is -2.35. The summed E-state index contributed by atoms with van der Waals surface area (Å²) in [6, 6.07) is 20.3. The molecule has 0 amide bonds. The summed E-state index contributed by atoms with van der Waals surface area (Å²) >= 11 is 0. The molecular formula is C22H27N3O2. The van der Waals surface area contributed by atoms with Gasteiger partial charge in [0.05, 0.1) is 0 Å². The third-order valence-corrected chi connectivity index (χ3v) is 5.10. The molecule has 1 aliphatic heterocycles. The SMILES string of the molecule is OC(COc1ccccc1)CN1CCN(Cc2cc3ccccc3[nH]2)CC1. The van der Waals surface area contributed by atoms with E-state index in [4.69, 9.17) is 4.74 Å².